The van der Waals surface area contributed by atoms with E-state index >= 15 is 0 Å². The molecular weight excluding hydrogens is 248 g/mol. The Hall–Kier alpha value is -1.65. The van der Waals surface area contributed by atoms with Crippen LogP contribution in [0.4, 0.5) is 0 Å². The van der Waals surface area contributed by atoms with E-state index in [1.807, 2.05) is 18.2 Å². The average Bonchev–Trinajstić information content (AvgIpc) is 2.37. The van der Waals surface area contributed by atoms with Crippen LogP contribution in [0.15, 0.2) is 41.8 Å². The van der Waals surface area contributed by atoms with Crippen molar-refractivity contribution in [3.63, 3.8) is 0 Å². The lowest BCUT2D eigenvalue weighted by atomic mass is 10.0. The van der Waals surface area contributed by atoms with Gasteiger partial charge >= 0.3 is 0 Å². The largest absolute Gasteiger partial charge is 0.297 e. The van der Waals surface area contributed by atoms with E-state index in [-0.39, 0.29) is 4.90 Å². The third-order valence-electron chi connectivity index (χ3n) is 2.90. The Labute approximate surface area is 107 Å². The minimum atomic E-state index is -3.71. The van der Waals surface area contributed by atoms with E-state index in [2.05, 4.69) is 10.8 Å². The van der Waals surface area contributed by atoms with Gasteiger partial charge in [0.25, 0.3) is 10.1 Å². The van der Waals surface area contributed by atoms with Crippen molar-refractivity contribution in [1.82, 2.24) is 0 Å². The van der Waals surface area contributed by atoms with Crippen LogP contribution in [0.1, 0.15) is 11.1 Å². The normalized spacial score (nSPS) is 11.7. The molecule has 0 aromatic heterocycles. The molecule has 0 heterocycles. The van der Waals surface area contributed by atoms with Gasteiger partial charge in [0.1, 0.15) is 4.90 Å². The summed E-state index contributed by atoms with van der Waals surface area (Å²) in [5.41, 5.74) is 1.57. The fraction of sp³-hybridized carbons (Fsp3) is 0.143. The third kappa shape index (κ3) is 1.94. The Morgan fingerprint density at radius 1 is 1.22 bits per heavy atom. The molecule has 2 aromatic carbocycles. The van der Waals surface area contributed by atoms with Crippen molar-refractivity contribution >= 4 is 27.0 Å². The summed E-state index contributed by atoms with van der Waals surface area (Å²) in [4.78, 5) is 0.228. The predicted octanol–water partition coefficient (Wildman–Crippen LogP) is 3.13. The molecule has 94 valence electrons. The van der Waals surface area contributed by atoms with Gasteiger partial charge in [-0.3, -0.25) is 4.18 Å². The molecule has 18 heavy (non-hydrogen) atoms. The van der Waals surface area contributed by atoms with Crippen LogP contribution < -0.4 is 0 Å². The second-order valence-electron chi connectivity index (χ2n) is 3.98. The molecule has 0 unspecified atom stereocenters. The van der Waals surface area contributed by atoms with Gasteiger partial charge in [0.05, 0.1) is 7.11 Å². The van der Waals surface area contributed by atoms with E-state index in [1.54, 1.807) is 25.1 Å². The molecule has 0 saturated carbocycles. The zero-order valence-corrected chi connectivity index (χ0v) is 11.1. The molecule has 3 nitrogen and oxygen atoms in total. The van der Waals surface area contributed by atoms with Crippen LogP contribution >= 0.6 is 0 Å². The van der Waals surface area contributed by atoms with Crippen LogP contribution in [-0.4, -0.2) is 15.5 Å². The first-order chi connectivity index (χ1) is 8.51. The Morgan fingerprint density at radius 2 is 1.83 bits per heavy atom. The average molecular weight is 262 g/mol. The first kappa shape index (κ1) is 12.8. The highest BCUT2D eigenvalue weighted by atomic mass is 32.2. The van der Waals surface area contributed by atoms with Gasteiger partial charge in [-0.1, -0.05) is 43.0 Å². The van der Waals surface area contributed by atoms with Crippen molar-refractivity contribution in [1.29, 1.82) is 0 Å². The highest BCUT2D eigenvalue weighted by molar-refractivity contribution is 7.87. The SMILES string of the molecule is C=Cc1cc(C)c(S(=O)(=O)OC)c2ccccc12. The lowest BCUT2D eigenvalue weighted by Gasteiger charge is -2.12. The summed E-state index contributed by atoms with van der Waals surface area (Å²) >= 11 is 0. The molecule has 0 fully saturated rings. The zero-order chi connectivity index (χ0) is 13.3. The molecule has 0 aliphatic rings. The molecule has 0 N–H and O–H groups in total. The maximum absolute atomic E-state index is 12.0. The molecule has 0 spiro atoms. The molecular formula is C14H14O3S. The quantitative estimate of drug-likeness (QED) is 0.798. The molecule has 0 saturated heterocycles. The highest BCUT2D eigenvalue weighted by Crippen LogP contribution is 2.30. The number of rotatable bonds is 3. The lowest BCUT2D eigenvalue weighted by molar-refractivity contribution is 0.398. The Morgan fingerprint density at radius 3 is 2.39 bits per heavy atom. The molecule has 0 bridgehead atoms. The summed E-state index contributed by atoms with van der Waals surface area (Å²) in [7, 11) is -2.54. The predicted molar refractivity (Wildman–Crippen MR) is 73.0 cm³/mol. The van der Waals surface area contributed by atoms with Gasteiger partial charge in [-0.05, 0) is 23.4 Å². The van der Waals surface area contributed by atoms with Crippen molar-refractivity contribution in [2.75, 3.05) is 7.11 Å². The standard InChI is InChI=1S/C14H14O3S/c1-4-11-9-10(2)14(18(15,16)17-3)13-8-6-5-7-12(11)13/h4-9H,1H2,2-3H3. The smallest absolute Gasteiger partial charge is 0.270 e. The van der Waals surface area contributed by atoms with Crippen molar-refractivity contribution in [3.8, 4) is 0 Å². The Kier molecular flexibility index (Phi) is 3.24. The Balaban J connectivity index is 3.00. The number of hydrogen-bond donors (Lipinski definition) is 0. The first-order valence-electron chi connectivity index (χ1n) is 5.46. The lowest BCUT2D eigenvalue weighted by Crippen LogP contribution is -2.06. The Bertz CT molecular complexity index is 715. The van der Waals surface area contributed by atoms with Crippen molar-refractivity contribution in [2.45, 2.75) is 11.8 Å². The van der Waals surface area contributed by atoms with Gasteiger partial charge in [-0.25, -0.2) is 0 Å². The molecule has 0 radical (unpaired) electrons. The number of fused-ring (bicyclic) bond motifs is 1. The molecule has 2 aromatic rings. The zero-order valence-electron chi connectivity index (χ0n) is 10.3. The van der Waals surface area contributed by atoms with E-state index in [0.29, 0.717) is 10.9 Å². The van der Waals surface area contributed by atoms with Gasteiger partial charge < -0.3 is 0 Å². The van der Waals surface area contributed by atoms with E-state index < -0.39 is 10.1 Å². The number of benzene rings is 2. The minimum Gasteiger partial charge on any atom is -0.270 e. The molecule has 4 heteroatoms. The molecule has 0 atom stereocenters. The summed E-state index contributed by atoms with van der Waals surface area (Å²) in [6, 6.07) is 9.14. The van der Waals surface area contributed by atoms with Crippen LogP contribution in [0.5, 0.6) is 0 Å². The summed E-state index contributed by atoms with van der Waals surface area (Å²) in [6.45, 7) is 5.51. The second kappa shape index (κ2) is 4.55. The van der Waals surface area contributed by atoms with Gasteiger partial charge in [0, 0.05) is 5.39 Å². The fourth-order valence-electron chi connectivity index (χ4n) is 2.11. The molecule has 0 amide bonds. The van der Waals surface area contributed by atoms with Gasteiger partial charge in [-0.2, -0.15) is 8.42 Å². The molecule has 0 aliphatic heterocycles. The van der Waals surface area contributed by atoms with Crippen molar-refractivity contribution < 1.29 is 12.6 Å². The van der Waals surface area contributed by atoms with E-state index in [1.165, 1.54) is 7.11 Å². The first-order valence-corrected chi connectivity index (χ1v) is 6.87. The van der Waals surface area contributed by atoms with Crippen LogP contribution in [-0.2, 0) is 14.3 Å². The summed E-state index contributed by atoms with van der Waals surface area (Å²) in [5.74, 6) is 0. The van der Waals surface area contributed by atoms with Gasteiger partial charge in [-0.15, -0.1) is 0 Å². The van der Waals surface area contributed by atoms with Crippen LogP contribution in [0, 0.1) is 6.92 Å². The summed E-state index contributed by atoms with van der Waals surface area (Å²) in [6.07, 6.45) is 1.72. The topological polar surface area (TPSA) is 43.4 Å². The van der Waals surface area contributed by atoms with E-state index in [0.717, 1.165) is 10.9 Å². The summed E-state index contributed by atoms with van der Waals surface area (Å²) in [5, 5.41) is 1.52. The van der Waals surface area contributed by atoms with E-state index in [4.69, 9.17) is 0 Å². The van der Waals surface area contributed by atoms with Crippen molar-refractivity contribution in [3.05, 3.63) is 48.0 Å². The van der Waals surface area contributed by atoms with Crippen LogP contribution in [0.3, 0.4) is 0 Å². The third-order valence-corrected chi connectivity index (χ3v) is 4.38. The fourth-order valence-corrected chi connectivity index (χ4v) is 3.17. The number of aryl methyl sites for hydroxylation is 1. The maximum atomic E-state index is 12.0. The second-order valence-corrected chi connectivity index (χ2v) is 5.63. The van der Waals surface area contributed by atoms with Crippen LogP contribution in [0.25, 0.3) is 16.8 Å². The molecule has 2 rings (SSSR count). The van der Waals surface area contributed by atoms with Crippen molar-refractivity contribution in [2.24, 2.45) is 0 Å². The van der Waals surface area contributed by atoms with Gasteiger partial charge in [0.15, 0.2) is 0 Å². The minimum absolute atomic E-state index is 0.228. The highest BCUT2D eigenvalue weighted by Gasteiger charge is 2.20. The van der Waals surface area contributed by atoms with Gasteiger partial charge in [0.2, 0.25) is 0 Å². The molecule has 0 aliphatic carbocycles. The monoisotopic (exact) mass is 262 g/mol. The number of hydrogen-bond acceptors (Lipinski definition) is 3. The maximum Gasteiger partial charge on any atom is 0.297 e. The van der Waals surface area contributed by atoms with E-state index in [9.17, 15) is 8.42 Å². The van der Waals surface area contributed by atoms with Crippen LogP contribution in [0.2, 0.25) is 0 Å². The summed E-state index contributed by atoms with van der Waals surface area (Å²) < 4.78 is 28.6.